The van der Waals surface area contributed by atoms with Gasteiger partial charge in [0, 0.05) is 13.0 Å². The highest BCUT2D eigenvalue weighted by molar-refractivity contribution is 5.77. The normalized spacial score (nSPS) is 20.9. The molecule has 0 aromatic carbocycles. The molecule has 0 spiro atoms. The molecule has 0 aromatic heterocycles. The lowest BCUT2D eigenvalue weighted by Crippen LogP contribution is -2.35. The van der Waals surface area contributed by atoms with Gasteiger partial charge in [-0.15, -0.1) is 0 Å². The van der Waals surface area contributed by atoms with Gasteiger partial charge in [0.05, 0.1) is 5.92 Å². The van der Waals surface area contributed by atoms with Gasteiger partial charge in [-0.25, -0.2) is 0 Å². The second kappa shape index (κ2) is 7.36. The van der Waals surface area contributed by atoms with Crippen molar-refractivity contribution in [3.05, 3.63) is 0 Å². The Labute approximate surface area is 108 Å². The maximum atomic E-state index is 11.6. The summed E-state index contributed by atoms with van der Waals surface area (Å²) >= 11 is 0. The molecule has 5 nitrogen and oxygen atoms in total. The maximum absolute atomic E-state index is 11.6. The molecule has 3 N–H and O–H groups in total. The molecule has 1 fully saturated rings. The van der Waals surface area contributed by atoms with E-state index in [1.807, 2.05) is 13.8 Å². The average molecular weight is 256 g/mol. The van der Waals surface area contributed by atoms with E-state index in [-0.39, 0.29) is 18.4 Å². The summed E-state index contributed by atoms with van der Waals surface area (Å²) in [7, 11) is 0. The Morgan fingerprint density at radius 2 is 2.17 bits per heavy atom. The molecule has 18 heavy (non-hydrogen) atoms. The fourth-order valence-corrected chi connectivity index (χ4v) is 2.22. The van der Waals surface area contributed by atoms with Crippen molar-refractivity contribution < 1.29 is 14.7 Å². The Kier molecular flexibility index (Phi) is 6.12. The second-order valence-corrected chi connectivity index (χ2v) is 5.39. The topological polar surface area (TPSA) is 78.4 Å². The summed E-state index contributed by atoms with van der Waals surface area (Å²) in [5.74, 6) is -0.751. The molecule has 1 saturated heterocycles. The zero-order valence-corrected chi connectivity index (χ0v) is 11.2. The molecule has 0 bridgehead atoms. The molecule has 5 heteroatoms. The van der Waals surface area contributed by atoms with Gasteiger partial charge in [0.2, 0.25) is 5.91 Å². The molecule has 0 aromatic rings. The summed E-state index contributed by atoms with van der Waals surface area (Å²) in [6, 6.07) is 0. The summed E-state index contributed by atoms with van der Waals surface area (Å²) in [4.78, 5) is 22.6. The SMILES string of the molecule is CC(C)C(CNC(=O)CCC1CCNC1)C(=O)O. The van der Waals surface area contributed by atoms with Crippen molar-refractivity contribution in [1.29, 1.82) is 0 Å². The minimum atomic E-state index is -0.842. The van der Waals surface area contributed by atoms with E-state index in [4.69, 9.17) is 5.11 Å². The van der Waals surface area contributed by atoms with E-state index < -0.39 is 11.9 Å². The summed E-state index contributed by atoms with van der Waals surface area (Å²) in [5.41, 5.74) is 0. The molecule has 0 saturated carbocycles. The maximum Gasteiger partial charge on any atom is 0.308 e. The van der Waals surface area contributed by atoms with E-state index in [9.17, 15) is 9.59 Å². The lowest BCUT2D eigenvalue weighted by molar-refractivity contribution is -0.143. The molecule has 2 unspecified atom stereocenters. The van der Waals surface area contributed by atoms with Crippen LogP contribution in [0.15, 0.2) is 0 Å². The minimum absolute atomic E-state index is 0.0295. The predicted molar refractivity (Wildman–Crippen MR) is 69.2 cm³/mol. The molecule has 0 radical (unpaired) electrons. The van der Waals surface area contributed by atoms with Gasteiger partial charge in [-0.2, -0.15) is 0 Å². The number of carbonyl (C=O) groups is 2. The highest BCUT2D eigenvalue weighted by Gasteiger charge is 2.22. The number of hydrogen-bond donors (Lipinski definition) is 3. The van der Waals surface area contributed by atoms with Gasteiger partial charge in [-0.3, -0.25) is 9.59 Å². The third-order valence-corrected chi connectivity index (χ3v) is 3.58. The zero-order chi connectivity index (χ0) is 13.5. The quantitative estimate of drug-likeness (QED) is 0.631. The van der Waals surface area contributed by atoms with Gasteiger partial charge in [0.15, 0.2) is 0 Å². The van der Waals surface area contributed by atoms with Crippen LogP contribution in [0.3, 0.4) is 0 Å². The summed E-state index contributed by atoms with van der Waals surface area (Å²) in [5, 5.41) is 15.0. The molecule has 1 aliphatic rings. The Balaban J connectivity index is 2.20. The van der Waals surface area contributed by atoms with Gasteiger partial charge in [0.25, 0.3) is 0 Å². The number of hydrogen-bond acceptors (Lipinski definition) is 3. The van der Waals surface area contributed by atoms with Gasteiger partial charge < -0.3 is 15.7 Å². The Bertz CT molecular complexity index is 286. The highest BCUT2D eigenvalue weighted by atomic mass is 16.4. The van der Waals surface area contributed by atoms with Crippen molar-refractivity contribution in [2.24, 2.45) is 17.8 Å². The van der Waals surface area contributed by atoms with Gasteiger partial charge >= 0.3 is 5.97 Å². The van der Waals surface area contributed by atoms with Crippen LogP contribution in [-0.4, -0.2) is 36.6 Å². The van der Waals surface area contributed by atoms with E-state index in [2.05, 4.69) is 10.6 Å². The first-order valence-corrected chi connectivity index (χ1v) is 6.71. The van der Waals surface area contributed by atoms with Crippen molar-refractivity contribution >= 4 is 11.9 Å². The van der Waals surface area contributed by atoms with Crippen LogP contribution in [0, 0.1) is 17.8 Å². The third kappa shape index (κ3) is 5.04. The van der Waals surface area contributed by atoms with E-state index in [0.717, 1.165) is 25.9 Å². The largest absolute Gasteiger partial charge is 0.481 e. The number of carboxylic acid groups (broad SMARTS) is 1. The van der Waals surface area contributed by atoms with Gasteiger partial charge in [-0.1, -0.05) is 13.8 Å². The van der Waals surface area contributed by atoms with Crippen LogP contribution in [0.4, 0.5) is 0 Å². The van der Waals surface area contributed by atoms with Crippen LogP contribution >= 0.6 is 0 Å². The first kappa shape index (κ1) is 15.0. The van der Waals surface area contributed by atoms with Crippen LogP contribution in [-0.2, 0) is 9.59 Å². The second-order valence-electron chi connectivity index (χ2n) is 5.39. The number of amides is 1. The van der Waals surface area contributed by atoms with Crippen LogP contribution in [0.5, 0.6) is 0 Å². The number of aliphatic carboxylic acids is 1. The number of nitrogens with one attached hydrogen (secondary N) is 2. The van der Waals surface area contributed by atoms with Crippen LogP contribution in [0.1, 0.15) is 33.1 Å². The molecule has 104 valence electrons. The van der Waals surface area contributed by atoms with E-state index in [1.165, 1.54) is 0 Å². The summed E-state index contributed by atoms with van der Waals surface area (Å²) in [6.45, 7) is 5.98. The van der Waals surface area contributed by atoms with Crippen molar-refractivity contribution in [2.75, 3.05) is 19.6 Å². The van der Waals surface area contributed by atoms with E-state index in [1.54, 1.807) is 0 Å². The first-order valence-electron chi connectivity index (χ1n) is 6.71. The van der Waals surface area contributed by atoms with Crippen molar-refractivity contribution in [3.63, 3.8) is 0 Å². The Hall–Kier alpha value is -1.10. The number of carboxylic acids is 1. The average Bonchev–Trinajstić information content (AvgIpc) is 2.78. The number of rotatable bonds is 7. The van der Waals surface area contributed by atoms with Crippen molar-refractivity contribution in [3.8, 4) is 0 Å². The molecule has 2 atom stereocenters. The summed E-state index contributed by atoms with van der Waals surface area (Å²) in [6.07, 6.45) is 2.52. The monoisotopic (exact) mass is 256 g/mol. The smallest absolute Gasteiger partial charge is 0.308 e. The lowest BCUT2D eigenvalue weighted by atomic mass is 9.96. The fraction of sp³-hybridized carbons (Fsp3) is 0.846. The standard InChI is InChI=1S/C13H24N2O3/c1-9(2)11(13(17)18)8-15-12(16)4-3-10-5-6-14-7-10/h9-11,14H,3-8H2,1-2H3,(H,15,16)(H,17,18). The van der Waals surface area contributed by atoms with E-state index in [0.29, 0.717) is 12.3 Å². The molecule has 1 heterocycles. The lowest BCUT2D eigenvalue weighted by Gasteiger charge is -2.17. The molecular formula is C13H24N2O3. The molecule has 1 amide bonds. The molecule has 1 rings (SSSR count). The van der Waals surface area contributed by atoms with Crippen LogP contribution in [0.2, 0.25) is 0 Å². The Morgan fingerprint density at radius 1 is 1.44 bits per heavy atom. The highest BCUT2D eigenvalue weighted by Crippen LogP contribution is 2.14. The van der Waals surface area contributed by atoms with Crippen molar-refractivity contribution in [1.82, 2.24) is 10.6 Å². The zero-order valence-electron chi connectivity index (χ0n) is 11.2. The van der Waals surface area contributed by atoms with Crippen LogP contribution < -0.4 is 10.6 Å². The Morgan fingerprint density at radius 3 is 2.67 bits per heavy atom. The molecular weight excluding hydrogens is 232 g/mol. The first-order chi connectivity index (χ1) is 8.50. The molecule has 1 aliphatic heterocycles. The van der Waals surface area contributed by atoms with Gasteiger partial charge in [0.1, 0.15) is 0 Å². The number of carbonyl (C=O) groups excluding carboxylic acids is 1. The molecule has 0 aliphatic carbocycles. The third-order valence-electron chi connectivity index (χ3n) is 3.58. The van der Waals surface area contributed by atoms with Crippen LogP contribution in [0.25, 0.3) is 0 Å². The summed E-state index contributed by atoms with van der Waals surface area (Å²) < 4.78 is 0. The van der Waals surface area contributed by atoms with Crippen molar-refractivity contribution in [2.45, 2.75) is 33.1 Å². The van der Waals surface area contributed by atoms with E-state index >= 15 is 0 Å². The van der Waals surface area contributed by atoms with Gasteiger partial charge in [-0.05, 0) is 37.8 Å². The minimum Gasteiger partial charge on any atom is -0.481 e. The predicted octanol–water partition coefficient (Wildman–Crippen LogP) is 0.849. The fourth-order valence-electron chi connectivity index (χ4n) is 2.22.